The summed E-state index contributed by atoms with van der Waals surface area (Å²) in [5, 5.41) is 8.71. The van der Waals surface area contributed by atoms with Crippen LogP contribution in [-0.2, 0) is 6.54 Å². The number of anilines is 4. The normalized spacial score (nSPS) is 10.4. The first-order chi connectivity index (χ1) is 10.7. The number of aromatic nitrogens is 3. The van der Waals surface area contributed by atoms with Crippen molar-refractivity contribution >= 4 is 33.8 Å². The lowest BCUT2D eigenvalue weighted by molar-refractivity contribution is 0.627. The van der Waals surface area contributed by atoms with Gasteiger partial charge >= 0.3 is 0 Å². The van der Waals surface area contributed by atoms with E-state index < -0.39 is 0 Å². The summed E-state index contributed by atoms with van der Waals surface area (Å²) in [4.78, 5) is 12.4. The van der Waals surface area contributed by atoms with E-state index in [4.69, 9.17) is 5.73 Å². The van der Waals surface area contributed by atoms with Crippen molar-refractivity contribution in [1.29, 1.82) is 0 Å². The number of hydrogen-bond donors (Lipinski definition) is 3. The minimum Gasteiger partial charge on any atom is -0.393 e. The highest BCUT2D eigenvalue weighted by Crippen LogP contribution is 2.26. The molecule has 0 saturated heterocycles. The molecule has 0 radical (unpaired) electrons. The molecule has 0 unspecified atom stereocenters. The zero-order valence-electron chi connectivity index (χ0n) is 11.5. The standard InChI is InChI=1S/C14H13FN6S/c15-10-3-1-9(2-4-10)7-18-12-11(16)13(20-8-19-12)21-14-17-5-6-22-14/h1-6,8H,7,16H2,(H2,17,18,19,20,21). The van der Waals surface area contributed by atoms with Gasteiger partial charge in [-0.25, -0.2) is 19.3 Å². The molecule has 0 aliphatic rings. The summed E-state index contributed by atoms with van der Waals surface area (Å²) in [6.07, 6.45) is 3.11. The van der Waals surface area contributed by atoms with Gasteiger partial charge in [0.2, 0.25) is 0 Å². The zero-order chi connectivity index (χ0) is 15.4. The van der Waals surface area contributed by atoms with Gasteiger partial charge in [0, 0.05) is 18.1 Å². The van der Waals surface area contributed by atoms with Crippen LogP contribution in [0, 0.1) is 5.82 Å². The van der Waals surface area contributed by atoms with Crippen molar-refractivity contribution in [2.75, 3.05) is 16.4 Å². The highest BCUT2D eigenvalue weighted by Gasteiger charge is 2.09. The van der Waals surface area contributed by atoms with Crippen LogP contribution in [0.15, 0.2) is 42.2 Å². The maximum Gasteiger partial charge on any atom is 0.188 e. The Kier molecular flexibility index (Phi) is 4.10. The molecule has 1 aromatic carbocycles. The number of halogens is 1. The van der Waals surface area contributed by atoms with Crippen molar-refractivity contribution in [2.24, 2.45) is 0 Å². The quantitative estimate of drug-likeness (QED) is 0.670. The Labute approximate surface area is 130 Å². The number of nitrogens with two attached hydrogens (primary N) is 1. The maximum absolute atomic E-state index is 12.9. The average Bonchev–Trinajstić information content (AvgIpc) is 3.03. The largest absolute Gasteiger partial charge is 0.393 e. The lowest BCUT2D eigenvalue weighted by atomic mass is 10.2. The van der Waals surface area contributed by atoms with Gasteiger partial charge in [0.1, 0.15) is 17.8 Å². The van der Waals surface area contributed by atoms with E-state index in [0.717, 1.165) is 5.56 Å². The summed E-state index contributed by atoms with van der Waals surface area (Å²) >= 11 is 1.45. The summed E-state index contributed by atoms with van der Waals surface area (Å²) in [6.45, 7) is 0.484. The highest BCUT2D eigenvalue weighted by molar-refractivity contribution is 7.13. The molecule has 0 aliphatic heterocycles. The van der Waals surface area contributed by atoms with Gasteiger partial charge < -0.3 is 16.4 Å². The first kappa shape index (κ1) is 14.2. The fourth-order valence-corrected chi connectivity index (χ4v) is 2.34. The smallest absolute Gasteiger partial charge is 0.188 e. The molecule has 0 atom stereocenters. The molecule has 0 fully saturated rings. The van der Waals surface area contributed by atoms with Crippen LogP contribution < -0.4 is 16.4 Å². The molecule has 2 heterocycles. The van der Waals surface area contributed by atoms with E-state index in [0.29, 0.717) is 29.0 Å². The van der Waals surface area contributed by atoms with Crippen molar-refractivity contribution in [3.8, 4) is 0 Å². The van der Waals surface area contributed by atoms with E-state index in [1.165, 1.54) is 29.8 Å². The third-order valence-electron chi connectivity index (χ3n) is 2.91. The minimum absolute atomic E-state index is 0.264. The molecule has 3 rings (SSSR count). The molecule has 2 aromatic heterocycles. The van der Waals surface area contributed by atoms with Crippen LogP contribution in [0.4, 0.5) is 26.8 Å². The molecule has 0 amide bonds. The van der Waals surface area contributed by atoms with Crippen LogP contribution in [0.25, 0.3) is 0 Å². The third kappa shape index (κ3) is 3.29. The van der Waals surface area contributed by atoms with Gasteiger partial charge in [-0.1, -0.05) is 12.1 Å². The van der Waals surface area contributed by atoms with E-state index in [9.17, 15) is 4.39 Å². The van der Waals surface area contributed by atoms with E-state index in [2.05, 4.69) is 25.6 Å². The molecule has 0 bridgehead atoms. The van der Waals surface area contributed by atoms with Crippen molar-refractivity contribution in [3.05, 3.63) is 53.6 Å². The number of nitrogens with one attached hydrogen (secondary N) is 2. The van der Waals surface area contributed by atoms with Gasteiger partial charge in [-0.3, -0.25) is 0 Å². The fraction of sp³-hybridized carbons (Fsp3) is 0.0714. The third-order valence-corrected chi connectivity index (χ3v) is 3.60. The number of rotatable bonds is 5. The summed E-state index contributed by atoms with van der Waals surface area (Å²) in [6, 6.07) is 6.23. The topological polar surface area (TPSA) is 88.8 Å². The second-order valence-electron chi connectivity index (χ2n) is 4.43. The van der Waals surface area contributed by atoms with Crippen molar-refractivity contribution < 1.29 is 4.39 Å². The molecule has 4 N–H and O–H groups in total. The van der Waals surface area contributed by atoms with E-state index in [1.807, 2.05) is 5.38 Å². The first-order valence-corrected chi connectivity index (χ1v) is 7.35. The second kappa shape index (κ2) is 6.35. The minimum atomic E-state index is -0.264. The molecule has 0 aliphatic carbocycles. The van der Waals surface area contributed by atoms with Gasteiger partial charge in [-0.2, -0.15) is 0 Å². The molecule has 0 spiro atoms. The predicted molar refractivity (Wildman–Crippen MR) is 85.6 cm³/mol. The molecular formula is C14H13FN6S. The zero-order valence-corrected chi connectivity index (χ0v) is 12.3. The summed E-state index contributed by atoms with van der Waals surface area (Å²) in [7, 11) is 0. The van der Waals surface area contributed by atoms with Crippen LogP contribution in [0.5, 0.6) is 0 Å². The number of hydrogen-bond acceptors (Lipinski definition) is 7. The van der Waals surface area contributed by atoms with Crippen molar-refractivity contribution in [3.63, 3.8) is 0 Å². The van der Waals surface area contributed by atoms with Gasteiger partial charge in [0.15, 0.2) is 16.8 Å². The molecular weight excluding hydrogens is 303 g/mol. The van der Waals surface area contributed by atoms with Crippen LogP contribution in [-0.4, -0.2) is 15.0 Å². The molecule has 22 heavy (non-hydrogen) atoms. The SMILES string of the molecule is Nc1c(NCc2ccc(F)cc2)ncnc1Nc1nccs1. The Morgan fingerprint density at radius 1 is 1.09 bits per heavy atom. The summed E-state index contributed by atoms with van der Waals surface area (Å²) < 4.78 is 12.9. The molecule has 8 heteroatoms. The van der Waals surface area contributed by atoms with E-state index in [-0.39, 0.29) is 5.82 Å². The van der Waals surface area contributed by atoms with Gasteiger partial charge in [0.05, 0.1) is 0 Å². The molecule has 112 valence electrons. The molecule has 6 nitrogen and oxygen atoms in total. The Morgan fingerprint density at radius 2 is 1.86 bits per heavy atom. The van der Waals surface area contributed by atoms with E-state index >= 15 is 0 Å². The van der Waals surface area contributed by atoms with Crippen molar-refractivity contribution in [1.82, 2.24) is 15.0 Å². The van der Waals surface area contributed by atoms with Gasteiger partial charge in [-0.05, 0) is 17.7 Å². The Balaban J connectivity index is 1.72. The second-order valence-corrected chi connectivity index (χ2v) is 5.32. The maximum atomic E-state index is 12.9. The Hall–Kier alpha value is -2.74. The fourth-order valence-electron chi connectivity index (χ4n) is 1.81. The first-order valence-electron chi connectivity index (χ1n) is 6.47. The molecule has 3 aromatic rings. The number of benzene rings is 1. The van der Waals surface area contributed by atoms with Crippen LogP contribution in [0.2, 0.25) is 0 Å². The van der Waals surface area contributed by atoms with Crippen molar-refractivity contribution in [2.45, 2.75) is 6.54 Å². The van der Waals surface area contributed by atoms with E-state index in [1.54, 1.807) is 18.3 Å². The summed E-state index contributed by atoms with van der Waals surface area (Å²) in [5.74, 6) is 0.741. The van der Waals surface area contributed by atoms with Crippen LogP contribution >= 0.6 is 11.3 Å². The predicted octanol–water partition coefficient (Wildman–Crippen LogP) is 3.01. The van der Waals surface area contributed by atoms with Crippen LogP contribution in [0.3, 0.4) is 0 Å². The Bertz CT molecular complexity index is 745. The highest BCUT2D eigenvalue weighted by atomic mass is 32.1. The number of nitrogen functional groups attached to an aromatic ring is 1. The lowest BCUT2D eigenvalue weighted by Gasteiger charge is -2.11. The van der Waals surface area contributed by atoms with Gasteiger partial charge in [-0.15, -0.1) is 11.3 Å². The van der Waals surface area contributed by atoms with Crippen LogP contribution in [0.1, 0.15) is 5.56 Å². The number of thiazole rings is 1. The average molecular weight is 316 g/mol. The Morgan fingerprint density at radius 3 is 2.59 bits per heavy atom. The molecule has 0 saturated carbocycles. The lowest BCUT2D eigenvalue weighted by Crippen LogP contribution is -2.08. The summed E-state index contributed by atoms with van der Waals surface area (Å²) in [5.41, 5.74) is 7.38. The van der Waals surface area contributed by atoms with Gasteiger partial charge in [0.25, 0.3) is 0 Å². The monoisotopic (exact) mass is 316 g/mol. The number of nitrogens with zero attached hydrogens (tertiary/aromatic N) is 3.